The molecule has 0 aromatic heterocycles. The highest BCUT2D eigenvalue weighted by molar-refractivity contribution is 7.98. The third kappa shape index (κ3) is 4.38. The normalized spacial score (nSPS) is 11.1. The summed E-state index contributed by atoms with van der Waals surface area (Å²) in [5, 5.41) is 5.99. The van der Waals surface area contributed by atoms with E-state index in [2.05, 4.69) is 10.6 Å². The van der Waals surface area contributed by atoms with Crippen LogP contribution in [0, 0.1) is 0 Å². The van der Waals surface area contributed by atoms with Crippen molar-refractivity contribution in [1.82, 2.24) is 0 Å². The number of hydrogen-bond donors (Lipinski definition) is 2. The number of halogens is 3. The summed E-state index contributed by atoms with van der Waals surface area (Å²) in [5.74, 6) is 0. The van der Waals surface area contributed by atoms with Crippen molar-refractivity contribution in [2.24, 2.45) is 0 Å². The Morgan fingerprint density at radius 1 is 1.05 bits per heavy atom. The smallest absolute Gasteiger partial charge is 0.332 e. The molecular weight excluding hydrogens is 329 g/mol. The highest BCUT2D eigenvalue weighted by Crippen LogP contribution is 2.34. The van der Waals surface area contributed by atoms with Crippen LogP contribution in [0.15, 0.2) is 53.4 Å². The number of anilines is 2. The Hall–Kier alpha value is -1.73. The van der Waals surface area contributed by atoms with Gasteiger partial charge >= 0.3 is 6.18 Å². The number of benzene rings is 2. The van der Waals surface area contributed by atoms with E-state index in [1.54, 1.807) is 6.26 Å². The number of rotatable bonds is 3. The minimum Gasteiger partial charge on any atom is -0.332 e. The third-order valence-electron chi connectivity index (χ3n) is 2.81. The van der Waals surface area contributed by atoms with E-state index < -0.39 is 11.7 Å². The fourth-order valence-corrected chi connectivity index (χ4v) is 2.55. The quantitative estimate of drug-likeness (QED) is 0.589. The molecule has 2 N–H and O–H groups in total. The Morgan fingerprint density at radius 2 is 1.73 bits per heavy atom. The average Bonchev–Trinajstić information content (AvgIpc) is 2.47. The zero-order valence-electron chi connectivity index (χ0n) is 11.6. The zero-order chi connectivity index (χ0) is 16.2. The van der Waals surface area contributed by atoms with Crippen LogP contribution in [0.4, 0.5) is 24.5 Å². The van der Waals surface area contributed by atoms with Gasteiger partial charge in [0.2, 0.25) is 0 Å². The van der Waals surface area contributed by atoms with E-state index in [1.165, 1.54) is 17.8 Å². The molecule has 0 amide bonds. The van der Waals surface area contributed by atoms with Gasteiger partial charge in [-0.15, -0.1) is 11.8 Å². The highest BCUT2D eigenvalue weighted by Gasteiger charge is 2.31. The Labute approximate surface area is 136 Å². The lowest BCUT2D eigenvalue weighted by atomic mass is 10.2. The van der Waals surface area contributed by atoms with Crippen LogP contribution >= 0.6 is 24.0 Å². The van der Waals surface area contributed by atoms with Gasteiger partial charge in [0.15, 0.2) is 5.11 Å². The molecule has 0 bridgehead atoms. The fraction of sp³-hybridized carbons (Fsp3) is 0.133. The third-order valence-corrected chi connectivity index (χ3v) is 3.81. The van der Waals surface area contributed by atoms with Crippen LogP contribution in [-0.2, 0) is 6.18 Å². The highest BCUT2D eigenvalue weighted by atomic mass is 32.2. The van der Waals surface area contributed by atoms with Gasteiger partial charge in [-0.05, 0) is 48.8 Å². The van der Waals surface area contributed by atoms with Crippen LogP contribution in [0.1, 0.15) is 5.56 Å². The Kier molecular flexibility index (Phi) is 5.31. The molecule has 7 heteroatoms. The maximum absolute atomic E-state index is 12.8. The first-order chi connectivity index (χ1) is 10.4. The van der Waals surface area contributed by atoms with Gasteiger partial charge < -0.3 is 10.6 Å². The summed E-state index contributed by atoms with van der Waals surface area (Å²) < 4.78 is 38.4. The van der Waals surface area contributed by atoms with Crippen molar-refractivity contribution in [3.63, 3.8) is 0 Å². The summed E-state index contributed by atoms with van der Waals surface area (Å²) >= 11 is 6.50. The first kappa shape index (κ1) is 16.6. The van der Waals surface area contributed by atoms with Crippen molar-refractivity contribution in [3.05, 3.63) is 54.1 Å². The first-order valence-corrected chi connectivity index (χ1v) is 7.92. The van der Waals surface area contributed by atoms with Gasteiger partial charge in [0, 0.05) is 10.6 Å². The number of thiocarbonyl (C=S) groups is 1. The summed E-state index contributed by atoms with van der Waals surface area (Å²) in [6.07, 6.45) is -2.59. The molecule has 0 saturated heterocycles. The van der Waals surface area contributed by atoms with E-state index in [4.69, 9.17) is 12.2 Å². The van der Waals surface area contributed by atoms with Gasteiger partial charge in [-0.1, -0.05) is 18.2 Å². The van der Waals surface area contributed by atoms with E-state index in [9.17, 15) is 13.2 Å². The van der Waals surface area contributed by atoms with Crippen molar-refractivity contribution in [2.75, 3.05) is 16.9 Å². The second-order valence-electron chi connectivity index (χ2n) is 4.36. The van der Waals surface area contributed by atoms with Crippen molar-refractivity contribution < 1.29 is 13.2 Å². The van der Waals surface area contributed by atoms with Crippen LogP contribution in [0.3, 0.4) is 0 Å². The summed E-state index contributed by atoms with van der Waals surface area (Å²) in [6, 6.07) is 12.7. The van der Waals surface area contributed by atoms with Crippen LogP contribution in [0.2, 0.25) is 0 Å². The average molecular weight is 342 g/mol. The maximum atomic E-state index is 12.8. The largest absolute Gasteiger partial charge is 0.416 e. The lowest BCUT2D eigenvalue weighted by molar-refractivity contribution is -0.137. The second-order valence-corrected chi connectivity index (χ2v) is 5.61. The number of thioether (sulfide) groups is 1. The molecule has 2 aromatic carbocycles. The molecular formula is C15H13F3N2S2. The zero-order valence-corrected chi connectivity index (χ0v) is 13.2. The Bertz CT molecular complexity index is 658. The van der Waals surface area contributed by atoms with E-state index in [0.29, 0.717) is 10.6 Å². The van der Waals surface area contributed by atoms with Crippen molar-refractivity contribution in [1.29, 1.82) is 0 Å². The summed E-state index contributed by atoms with van der Waals surface area (Å²) in [4.78, 5) is 0.685. The summed E-state index contributed by atoms with van der Waals surface area (Å²) in [5.41, 5.74) is 0.378. The molecule has 0 fully saturated rings. The first-order valence-electron chi connectivity index (χ1n) is 6.28. The van der Waals surface area contributed by atoms with Gasteiger partial charge in [0.1, 0.15) is 0 Å². The van der Waals surface area contributed by atoms with E-state index >= 15 is 0 Å². The number of alkyl halides is 3. The van der Waals surface area contributed by atoms with Gasteiger partial charge in [0.05, 0.1) is 11.3 Å². The number of para-hydroxylation sites is 1. The van der Waals surface area contributed by atoms with Crippen molar-refractivity contribution in [3.8, 4) is 0 Å². The fourth-order valence-electron chi connectivity index (χ4n) is 1.79. The SMILES string of the molecule is CSc1ccc(C(F)(F)F)cc1NC(=S)Nc1ccccc1. The molecule has 2 nitrogen and oxygen atoms in total. The van der Waals surface area contributed by atoms with E-state index in [1.807, 2.05) is 30.3 Å². The molecule has 2 rings (SSSR count). The predicted octanol–water partition coefficient (Wildman–Crippen LogP) is 5.24. The Balaban J connectivity index is 2.18. The molecule has 116 valence electrons. The maximum Gasteiger partial charge on any atom is 0.416 e. The molecule has 0 aliphatic carbocycles. The predicted molar refractivity (Wildman–Crippen MR) is 89.5 cm³/mol. The number of nitrogens with one attached hydrogen (secondary N) is 2. The standard InChI is InChI=1S/C15H13F3N2S2/c1-22-13-8-7-10(15(16,17)18)9-12(13)20-14(21)19-11-5-3-2-4-6-11/h2-9H,1H3,(H2,19,20,21). The molecule has 0 atom stereocenters. The Morgan fingerprint density at radius 3 is 2.32 bits per heavy atom. The van der Waals surface area contributed by atoms with Crippen LogP contribution in [0.25, 0.3) is 0 Å². The molecule has 0 heterocycles. The van der Waals surface area contributed by atoms with Gasteiger partial charge in [-0.25, -0.2) is 0 Å². The second kappa shape index (κ2) is 7.02. The molecule has 0 unspecified atom stereocenters. The van der Waals surface area contributed by atoms with Gasteiger partial charge in [-0.3, -0.25) is 0 Å². The minimum absolute atomic E-state index is 0.237. The van der Waals surface area contributed by atoms with Crippen molar-refractivity contribution >= 4 is 40.5 Å². The van der Waals surface area contributed by atoms with Gasteiger partial charge in [-0.2, -0.15) is 13.2 Å². The monoisotopic (exact) mass is 342 g/mol. The lowest BCUT2D eigenvalue weighted by Gasteiger charge is -2.15. The van der Waals surface area contributed by atoms with Crippen LogP contribution in [0.5, 0.6) is 0 Å². The molecule has 0 spiro atoms. The molecule has 2 aromatic rings. The summed E-state index contributed by atoms with van der Waals surface area (Å²) in [6.45, 7) is 0. The molecule has 0 radical (unpaired) electrons. The molecule has 0 aliphatic rings. The number of hydrogen-bond acceptors (Lipinski definition) is 2. The van der Waals surface area contributed by atoms with Gasteiger partial charge in [0.25, 0.3) is 0 Å². The molecule has 22 heavy (non-hydrogen) atoms. The van der Waals surface area contributed by atoms with Crippen LogP contribution < -0.4 is 10.6 Å². The van der Waals surface area contributed by atoms with Crippen LogP contribution in [-0.4, -0.2) is 11.4 Å². The summed E-state index contributed by atoms with van der Waals surface area (Å²) in [7, 11) is 0. The lowest BCUT2D eigenvalue weighted by Crippen LogP contribution is -2.20. The van der Waals surface area contributed by atoms with E-state index in [0.717, 1.165) is 17.8 Å². The molecule has 0 saturated carbocycles. The van der Waals surface area contributed by atoms with E-state index in [-0.39, 0.29) is 5.11 Å². The van der Waals surface area contributed by atoms with Crippen molar-refractivity contribution in [2.45, 2.75) is 11.1 Å². The minimum atomic E-state index is -4.39. The topological polar surface area (TPSA) is 24.1 Å². The molecule has 0 aliphatic heterocycles.